The molecule has 2 fully saturated rings. The molecular formula is C22H28N2O5. The van der Waals surface area contributed by atoms with Crippen molar-refractivity contribution < 1.29 is 23.7 Å². The summed E-state index contributed by atoms with van der Waals surface area (Å²) in [6, 6.07) is 11.8. The number of hydrogen-bond acceptors (Lipinski definition) is 6. The Morgan fingerprint density at radius 1 is 1.14 bits per heavy atom. The minimum absolute atomic E-state index is 0.210. The maximum absolute atomic E-state index is 12.8. The fourth-order valence-electron chi connectivity index (χ4n) is 4.13. The first-order chi connectivity index (χ1) is 14.1. The highest BCUT2D eigenvalue weighted by Crippen LogP contribution is 2.46. The second kappa shape index (κ2) is 8.16. The molecule has 0 radical (unpaired) electrons. The third kappa shape index (κ3) is 4.02. The van der Waals surface area contributed by atoms with E-state index < -0.39 is 11.2 Å². The Morgan fingerprint density at radius 2 is 1.83 bits per heavy atom. The van der Waals surface area contributed by atoms with E-state index in [2.05, 4.69) is 5.10 Å². The van der Waals surface area contributed by atoms with E-state index in [1.54, 1.807) is 4.68 Å². The van der Waals surface area contributed by atoms with Crippen molar-refractivity contribution in [3.05, 3.63) is 36.4 Å². The molecule has 0 unspecified atom stereocenters. The van der Waals surface area contributed by atoms with Crippen molar-refractivity contribution in [3.8, 4) is 17.1 Å². The number of carbonyl (C=O) groups is 1. The zero-order valence-corrected chi connectivity index (χ0v) is 17.1. The van der Waals surface area contributed by atoms with Crippen LogP contribution in [0.3, 0.4) is 0 Å². The van der Waals surface area contributed by atoms with Crippen LogP contribution in [0.1, 0.15) is 32.6 Å². The molecule has 0 N–H and O–H groups in total. The number of ether oxygens (including phenoxy) is 4. The van der Waals surface area contributed by atoms with Gasteiger partial charge in [0.15, 0.2) is 5.79 Å². The molecule has 2 heterocycles. The van der Waals surface area contributed by atoms with Crippen LogP contribution in [0.15, 0.2) is 36.4 Å². The molecule has 1 saturated heterocycles. The molecule has 1 aliphatic carbocycles. The third-order valence-electron chi connectivity index (χ3n) is 5.89. The molecule has 2 aliphatic rings. The number of benzene rings is 1. The van der Waals surface area contributed by atoms with Crippen molar-refractivity contribution in [2.45, 2.75) is 38.4 Å². The summed E-state index contributed by atoms with van der Waals surface area (Å²) >= 11 is 0. The topological polar surface area (TPSA) is 71.8 Å². The fourth-order valence-corrected chi connectivity index (χ4v) is 4.13. The Morgan fingerprint density at radius 3 is 2.48 bits per heavy atom. The largest absolute Gasteiger partial charge is 0.477 e. The number of rotatable bonds is 6. The highest BCUT2D eigenvalue weighted by molar-refractivity contribution is 5.77. The second-order valence-corrected chi connectivity index (χ2v) is 7.75. The Labute approximate surface area is 170 Å². The molecule has 0 atom stereocenters. The summed E-state index contributed by atoms with van der Waals surface area (Å²) in [6.07, 6.45) is 2.54. The molecular weight excluding hydrogens is 372 g/mol. The number of carbonyl (C=O) groups excluding carboxylic acids is 1. The van der Waals surface area contributed by atoms with E-state index >= 15 is 0 Å². The predicted molar refractivity (Wildman–Crippen MR) is 106 cm³/mol. The van der Waals surface area contributed by atoms with Crippen molar-refractivity contribution in [1.29, 1.82) is 0 Å². The number of aryl methyl sites for hydroxylation is 1. The third-order valence-corrected chi connectivity index (χ3v) is 5.89. The molecule has 7 heteroatoms. The Hall–Kier alpha value is -2.38. The van der Waals surface area contributed by atoms with E-state index in [4.69, 9.17) is 18.9 Å². The second-order valence-electron chi connectivity index (χ2n) is 7.75. The van der Waals surface area contributed by atoms with Gasteiger partial charge in [0.1, 0.15) is 12.0 Å². The van der Waals surface area contributed by atoms with Crippen molar-refractivity contribution in [3.63, 3.8) is 0 Å². The van der Waals surface area contributed by atoms with Crippen LogP contribution in [0.5, 0.6) is 5.88 Å². The first-order valence-corrected chi connectivity index (χ1v) is 10.2. The van der Waals surface area contributed by atoms with Crippen LogP contribution >= 0.6 is 0 Å². The Bertz CT molecular complexity index is 832. The summed E-state index contributed by atoms with van der Waals surface area (Å²) in [5.74, 6) is -0.123. The van der Waals surface area contributed by atoms with Gasteiger partial charge in [0, 0.05) is 31.5 Å². The van der Waals surface area contributed by atoms with Gasteiger partial charge in [-0.1, -0.05) is 30.3 Å². The van der Waals surface area contributed by atoms with Crippen LogP contribution < -0.4 is 4.74 Å². The minimum atomic E-state index is -0.701. The van der Waals surface area contributed by atoms with Crippen LogP contribution in [0.25, 0.3) is 11.3 Å². The average Bonchev–Trinajstić information content (AvgIpc) is 3.36. The maximum Gasteiger partial charge on any atom is 0.315 e. The highest BCUT2D eigenvalue weighted by atomic mass is 16.7. The molecule has 2 aromatic rings. The summed E-state index contributed by atoms with van der Waals surface area (Å²) in [7, 11) is 1.84. The maximum atomic E-state index is 12.8. The van der Waals surface area contributed by atoms with Gasteiger partial charge in [-0.3, -0.25) is 4.79 Å². The van der Waals surface area contributed by atoms with Crippen molar-refractivity contribution in [2.24, 2.45) is 12.5 Å². The van der Waals surface area contributed by atoms with E-state index in [1.165, 1.54) is 0 Å². The molecule has 1 spiro atoms. The normalized spacial score (nSPS) is 19.9. The Kier molecular flexibility index (Phi) is 5.61. The van der Waals surface area contributed by atoms with Crippen LogP contribution in [-0.4, -0.2) is 48.0 Å². The number of esters is 1. The van der Waals surface area contributed by atoms with Crippen molar-refractivity contribution in [2.75, 3.05) is 26.4 Å². The fraction of sp³-hybridized carbons (Fsp3) is 0.545. The zero-order valence-electron chi connectivity index (χ0n) is 17.1. The van der Waals surface area contributed by atoms with Gasteiger partial charge in [-0.05, 0) is 19.8 Å². The minimum Gasteiger partial charge on any atom is -0.477 e. The summed E-state index contributed by atoms with van der Waals surface area (Å²) in [6.45, 7) is 3.64. The lowest BCUT2D eigenvalue weighted by Gasteiger charge is -2.41. The van der Waals surface area contributed by atoms with Crippen molar-refractivity contribution in [1.82, 2.24) is 9.78 Å². The molecule has 0 amide bonds. The lowest BCUT2D eigenvalue weighted by atomic mass is 9.72. The lowest BCUT2D eigenvalue weighted by Crippen LogP contribution is -2.47. The van der Waals surface area contributed by atoms with Crippen molar-refractivity contribution >= 4 is 5.97 Å². The van der Waals surface area contributed by atoms with E-state index in [9.17, 15) is 4.79 Å². The first kappa shape index (κ1) is 19.9. The van der Waals surface area contributed by atoms with Gasteiger partial charge < -0.3 is 18.9 Å². The van der Waals surface area contributed by atoms with Gasteiger partial charge in [-0.15, -0.1) is 0 Å². The molecule has 156 valence electrons. The highest BCUT2D eigenvalue weighted by Gasteiger charge is 2.51. The Balaban J connectivity index is 1.49. The van der Waals surface area contributed by atoms with Crippen LogP contribution in [0.2, 0.25) is 0 Å². The summed E-state index contributed by atoms with van der Waals surface area (Å²) in [5.41, 5.74) is 1.16. The quantitative estimate of drug-likeness (QED) is 0.693. The lowest BCUT2D eigenvalue weighted by molar-refractivity contribution is -0.202. The summed E-state index contributed by atoms with van der Waals surface area (Å²) < 4.78 is 24.9. The van der Waals surface area contributed by atoms with Gasteiger partial charge in [0.25, 0.3) is 0 Å². The smallest absolute Gasteiger partial charge is 0.315 e. The number of aromatic nitrogens is 2. The molecule has 1 aromatic carbocycles. The summed E-state index contributed by atoms with van der Waals surface area (Å²) in [4.78, 5) is 12.8. The zero-order chi connectivity index (χ0) is 20.3. The van der Waals surface area contributed by atoms with Crippen LogP contribution in [-0.2, 0) is 26.1 Å². The van der Waals surface area contributed by atoms with E-state index in [-0.39, 0.29) is 12.6 Å². The van der Waals surface area contributed by atoms with E-state index in [0.717, 1.165) is 11.3 Å². The standard InChI is InChI=1S/C22H28N2O5/c1-3-26-20(25)21(9-11-22(12-10-21)28-13-14-29-22)16-27-19-15-18(23-24(19)2)17-7-5-4-6-8-17/h4-8,15H,3,9-14,16H2,1-2H3. The number of hydrogen-bond donors (Lipinski definition) is 0. The van der Waals surface area contributed by atoms with E-state index in [1.807, 2.05) is 50.4 Å². The molecule has 29 heavy (non-hydrogen) atoms. The monoisotopic (exact) mass is 400 g/mol. The van der Waals surface area contributed by atoms with Gasteiger partial charge >= 0.3 is 5.97 Å². The van der Waals surface area contributed by atoms with Crippen LogP contribution in [0, 0.1) is 5.41 Å². The molecule has 1 saturated carbocycles. The van der Waals surface area contributed by atoms with Gasteiger partial charge in [-0.25, -0.2) is 4.68 Å². The number of nitrogens with zero attached hydrogens (tertiary/aromatic N) is 2. The van der Waals surface area contributed by atoms with Gasteiger partial charge in [0.05, 0.1) is 25.5 Å². The first-order valence-electron chi connectivity index (χ1n) is 10.2. The molecule has 4 rings (SSSR count). The predicted octanol–water partition coefficient (Wildman–Crippen LogP) is 3.33. The molecule has 7 nitrogen and oxygen atoms in total. The summed E-state index contributed by atoms with van der Waals surface area (Å²) in [5, 5.41) is 4.54. The average molecular weight is 400 g/mol. The van der Waals surface area contributed by atoms with E-state index in [0.29, 0.717) is 51.4 Å². The van der Waals surface area contributed by atoms with Gasteiger partial charge in [-0.2, -0.15) is 5.10 Å². The molecule has 1 aromatic heterocycles. The van der Waals surface area contributed by atoms with Crippen LogP contribution in [0.4, 0.5) is 0 Å². The van der Waals surface area contributed by atoms with Gasteiger partial charge in [0.2, 0.25) is 5.88 Å². The molecule has 1 aliphatic heterocycles. The molecule has 0 bridgehead atoms. The SMILES string of the molecule is CCOC(=O)C1(COc2cc(-c3ccccc3)nn2C)CCC2(CC1)OCCO2.